The zero-order valence-electron chi connectivity index (χ0n) is 9.44. The summed E-state index contributed by atoms with van der Waals surface area (Å²) in [4.78, 5) is 0. The molecular formula is C10H15BrN2O3S. The van der Waals surface area contributed by atoms with Crippen LogP contribution in [-0.4, -0.2) is 27.4 Å². The number of benzene rings is 1. The van der Waals surface area contributed by atoms with Crippen LogP contribution >= 0.6 is 15.9 Å². The van der Waals surface area contributed by atoms with E-state index in [1.807, 2.05) is 6.92 Å². The van der Waals surface area contributed by atoms with Gasteiger partial charge in [0.25, 0.3) is 0 Å². The summed E-state index contributed by atoms with van der Waals surface area (Å²) in [5, 5.41) is 0. The molecule has 96 valence electrons. The second kappa shape index (κ2) is 6.23. The minimum Gasteiger partial charge on any atom is -0.398 e. The quantitative estimate of drug-likeness (QED) is 0.618. The molecule has 0 amide bonds. The Balaban J connectivity index is 2.66. The van der Waals surface area contributed by atoms with Crippen molar-refractivity contribution in [3.05, 3.63) is 22.7 Å². The van der Waals surface area contributed by atoms with Gasteiger partial charge >= 0.3 is 0 Å². The van der Waals surface area contributed by atoms with Gasteiger partial charge in [-0.15, -0.1) is 0 Å². The highest BCUT2D eigenvalue weighted by molar-refractivity contribution is 9.10. The van der Waals surface area contributed by atoms with Gasteiger partial charge in [0, 0.05) is 16.8 Å². The molecule has 1 rings (SSSR count). The van der Waals surface area contributed by atoms with Crippen molar-refractivity contribution in [2.75, 3.05) is 29.4 Å². The van der Waals surface area contributed by atoms with Gasteiger partial charge < -0.3 is 10.5 Å². The molecule has 0 heterocycles. The fourth-order valence-electron chi connectivity index (χ4n) is 1.15. The van der Waals surface area contributed by atoms with E-state index in [0.717, 1.165) is 4.47 Å². The molecule has 0 atom stereocenters. The monoisotopic (exact) mass is 322 g/mol. The second-order valence-electron chi connectivity index (χ2n) is 3.35. The van der Waals surface area contributed by atoms with Crippen molar-refractivity contribution in [1.29, 1.82) is 0 Å². The van der Waals surface area contributed by atoms with Gasteiger partial charge in [0.15, 0.2) is 0 Å². The lowest BCUT2D eigenvalue weighted by Crippen LogP contribution is -2.20. The van der Waals surface area contributed by atoms with E-state index in [1.54, 1.807) is 18.2 Å². The molecule has 0 saturated heterocycles. The SMILES string of the molecule is CCOCCS(=O)(=O)Nc1ccc(Br)c(N)c1. The summed E-state index contributed by atoms with van der Waals surface area (Å²) in [5.74, 6) is -0.0726. The molecule has 17 heavy (non-hydrogen) atoms. The summed E-state index contributed by atoms with van der Waals surface area (Å²) in [6.45, 7) is 2.49. The van der Waals surface area contributed by atoms with Gasteiger partial charge in [-0.1, -0.05) is 0 Å². The number of sulfonamides is 1. The predicted octanol–water partition coefficient (Wildman–Crippen LogP) is 1.81. The standard InChI is InChI=1S/C10H15BrN2O3S/c1-2-16-5-6-17(14,15)13-8-3-4-9(11)10(12)7-8/h3-4,7,13H,2,5-6,12H2,1H3. The van der Waals surface area contributed by atoms with Crippen molar-refractivity contribution >= 4 is 37.3 Å². The van der Waals surface area contributed by atoms with Crippen LogP contribution in [0.1, 0.15) is 6.92 Å². The first-order chi connectivity index (χ1) is 7.94. The first-order valence-electron chi connectivity index (χ1n) is 5.08. The van der Waals surface area contributed by atoms with Crippen LogP contribution in [0.2, 0.25) is 0 Å². The molecule has 0 aliphatic heterocycles. The van der Waals surface area contributed by atoms with Crippen LogP contribution in [0.3, 0.4) is 0 Å². The van der Waals surface area contributed by atoms with E-state index in [-0.39, 0.29) is 12.4 Å². The highest BCUT2D eigenvalue weighted by Gasteiger charge is 2.10. The number of nitrogens with two attached hydrogens (primary N) is 1. The summed E-state index contributed by atoms with van der Waals surface area (Å²) in [7, 11) is -3.38. The van der Waals surface area contributed by atoms with Crippen molar-refractivity contribution in [3.63, 3.8) is 0 Å². The van der Waals surface area contributed by atoms with E-state index in [1.165, 1.54) is 0 Å². The lowest BCUT2D eigenvalue weighted by Gasteiger charge is -2.09. The average molecular weight is 323 g/mol. The Labute approximate surface area is 110 Å². The summed E-state index contributed by atoms with van der Waals surface area (Å²) in [6.07, 6.45) is 0. The summed E-state index contributed by atoms with van der Waals surface area (Å²) < 4.78 is 31.4. The van der Waals surface area contributed by atoms with Crippen LogP contribution in [0.25, 0.3) is 0 Å². The molecule has 0 fully saturated rings. The third kappa shape index (κ3) is 4.93. The smallest absolute Gasteiger partial charge is 0.235 e. The van der Waals surface area contributed by atoms with Crippen LogP contribution in [-0.2, 0) is 14.8 Å². The molecule has 1 aromatic carbocycles. The third-order valence-electron chi connectivity index (χ3n) is 1.97. The Bertz CT molecular complexity index is 476. The topological polar surface area (TPSA) is 81.4 Å². The molecule has 0 radical (unpaired) electrons. The minimum atomic E-state index is -3.38. The van der Waals surface area contributed by atoms with E-state index in [4.69, 9.17) is 10.5 Å². The molecular weight excluding hydrogens is 308 g/mol. The summed E-state index contributed by atoms with van der Waals surface area (Å²) in [5.41, 5.74) is 6.58. The largest absolute Gasteiger partial charge is 0.398 e. The minimum absolute atomic E-state index is 0.0726. The molecule has 0 unspecified atom stereocenters. The van der Waals surface area contributed by atoms with Crippen LogP contribution < -0.4 is 10.5 Å². The van der Waals surface area contributed by atoms with Gasteiger partial charge in [0.2, 0.25) is 10.0 Å². The second-order valence-corrected chi connectivity index (χ2v) is 6.05. The normalized spacial score (nSPS) is 11.4. The molecule has 0 spiro atoms. The Morgan fingerprint density at radius 2 is 2.18 bits per heavy atom. The molecule has 1 aromatic rings. The van der Waals surface area contributed by atoms with Gasteiger partial charge in [0.1, 0.15) is 0 Å². The zero-order valence-corrected chi connectivity index (χ0v) is 11.8. The molecule has 7 heteroatoms. The molecule has 0 bridgehead atoms. The van der Waals surface area contributed by atoms with Crippen molar-refractivity contribution in [3.8, 4) is 0 Å². The zero-order chi connectivity index (χ0) is 12.9. The van der Waals surface area contributed by atoms with Crippen LogP contribution in [0.4, 0.5) is 11.4 Å². The van der Waals surface area contributed by atoms with Crippen molar-refractivity contribution in [1.82, 2.24) is 0 Å². The number of halogens is 1. The van der Waals surface area contributed by atoms with Gasteiger partial charge in [-0.3, -0.25) is 4.72 Å². The highest BCUT2D eigenvalue weighted by atomic mass is 79.9. The van der Waals surface area contributed by atoms with Crippen LogP contribution in [0, 0.1) is 0 Å². The van der Waals surface area contributed by atoms with Crippen molar-refractivity contribution < 1.29 is 13.2 Å². The molecule has 3 N–H and O–H groups in total. The predicted molar refractivity (Wildman–Crippen MR) is 72.5 cm³/mol. The van der Waals surface area contributed by atoms with Crippen molar-refractivity contribution in [2.45, 2.75) is 6.92 Å². The maximum Gasteiger partial charge on any atom is 0.235 e. The number of nitrogens with one attached hydrogen (secondary N) is 1. The average Bonchev–Trinajstić information content (AvgIpc) is 2.23. The summed E-state index contributed by atoms with van der Waals surface area (Å²) >= 11 is 3.24. The Kier molecular flexibility index (Phi) is 5.23. The fourth-order valence-corrected chi connectivity index (χ4v) is 2.32. The van der Waals surface area contributed by atoms with E-state index >= 15 is 0 Å². The number of nitrogen functional groups attached to an aromatic ring is 1. The Morgan fingerprint density at radius 1 is 1.47 bits per heavy atom. The van der Waals surface area contributed by atoms with Crippen molar-refractivity contribution in [2.24, 2.45) is 0 Å². The van der Waals surface area contributed by atoms with E-state index in [9.17, 15) is 8.42 Å². The molecule has 0 aromatic heterocycles. The van der Waals surface area contributed by atoms with Gasteiger partial charge in [-0.2, -0.15) is 0 Å². The number of ether oxygens (including phenoxy) is 1. The lowest BCUT2D eigenvalue weighted by molar-refractivity contribution is 0.163. The van der Waals surface area contributed by atoms with Crippen LogP contribution in [0.5, 0.6) is 0 Å². The maximum absolute atomic E-state index is 11.6. The van der Waals surface area contributed by atoms with E-state index in [0.29, 0.717) is 18.0 Å². The lowest BCUT2D eigenvalue weighted by atomic mass is 10.3. The van der Waals surface area contributed by atoms with Gasteiger partial charge in [0.05, 0.1) is 18.0 Å². The molecule has 0 aliphatic carbocycles. The first-order valence-corrected chi connectivity index (χ1v) is 7.52. The Hall–Kier alpha value is -0.790. The van der Waals surface area contributed by atoms with E-state index < -0.39 is 10.0 Å². The van der Waals surface area contributed by atoms with Gasteiger partial charge in [-0.05, 0) is 41.1 Å². The van der Waals surface area contributed by atoms with Gasteiger partial charge in [-0.25, -0.2) is 8.42 Å². The van der Waals surface area contributed by atoms with E-state index in [2.05, 4.69) is 20.7 Å². The first kappa shape index (κ1) is 14.3. The molecule has 5 nitrogen and oxygen atoms in total. The number of hydrogen-bond donors (Lipinski definition) is 2. The number of anilines is 2. The molecule has 0 saturated carbocycles. The van der Waals surface area contributed by atoms with Crippen LogP contribution in [0.15, 0.2) is 22.7 Å². The molecule has 0 aliphatic rings. The number of rotatable bonds is 6. The number of hydrogen-bond acceptors (Lipinski definition) is 4. The fraction of sp³-hybridized carbons (Fsp3) is 0.400. The highest BCUT2D eigenvalue weighted by Crippen LogP contribution is 2.23. The third-order valence-corrected chi connectivity index (χ3v) is 3.94. The summed E-state index contributed by atoms with van der Waals surface area (Å²) in [6, 6.07) is 4.89. The maximum atomic E-state index is 11.6. The Morgan fingerprint density at radius 3 is 2.76 bits per heavy atom.